The normalized spacial score (nSPS) is 19.3. The minimum atomic E-state index is -0.672. The first kappa shape index (κ1) is 20.1. The topological polar surface area (TPSA) is 97.3 Å². The minimum Gasteiger partial charge on any atom is -0.486 e. The van der Waals surface area contributed by atoms with Crippen molar-refractivity contribution >= 4 is 17.6 Å². The zero-order valence-electron chi connectivity index (χ0n) is 15.6. The molecule has 0 spiro atoms. The Morgan fingerprint density at radius 1 is 1.46 bits per heavy atom. The van der Waals surface area contributed by atoms with Crippen molar-refractivity contribution in [3.05, 3.63) is 35.3 Å². The van der Waals surface area contributed by atoms with Crippen LogP contribution in [0.1, 0.15) is 12.8 Å². The quantitative estimate of drug-likeness (QED) is 0.636. The van der Waals surface area contributed by atoms with Gasteiger partial charge in [0.15, 0.2) is 11.6 Å². The number of methoxy groups -OCH3 is 1. The van der Waals surface area contributed by atoms with Crippen molar-refractivity contribution in [1.29, 1.82) is 0 Å². The number of esters is 1. The Balaban J connectivity index is 1.85. The third-order valence-electron chi connectivity index (χ3n) is 4.62. The molecule has 152 valence electrons. The van der Waals surface area contributed by atoms with Crippen LogP contribution in [0.25, 0.3) is 0 Å². The third-order valence-corrected chi connectivity index (χ3v) is 4.62. The number of anilines is 1. The van der Waals surface area contributed by atoms with Gasteiger partial charge >= 0.3 is 5.97 Å². The summed E-state index contributed by atoms with van der Waals surface area (Å²) >= 11 is 0. The zero-order valence-corrected chi connectivity index (χ0v) is 15.6. The molecule has 1 aromatic carbocycles. The number of amides is 1. The second kappa shape index (κ2) is 9.03. The number of rotatable bonds is 8. The average Bonchev–Trinajstić information content (AvgIpc) is 3.31. The summed E-state index contributed by atoms with van der Waals surface area (Å²) in [5.74, 6) is -1.80. The predicted octanol–water partition coefficient (Wildman–Crippen LogP) is 1.06. The summed E-state index contributed by atoms with van der Waals surface area (Å²) in [5.41, 5.74) is 0.303. The van der Waals surface area contributed by atoms with Gasteiger partial charge in [-0.2, -0.15) is 0 Å². The largest absolute Gasteiger partial charge is 0.486 e. The van der Waals surface area contributed by atoms with Gasteiger partial charge in [0.05, 0.1) is 37.6 Å². The van der Waals surface area contributed by atoms with Crippen LogP contribution in [0.2, 0.25) is 0 Å². The van der Waals surface area contributed by atoms with Crippen LogP contribution in [-0.2, 0) is 19.1 Å². The smallest absolute Gasteiger partial charge is 0.337 e. The minimum absolute atomic E-state index is 0.00415. The van der Waals surface area contributed by atoms with Crippen LogP contribution in [0.4, 0.5) is 10.1 Å². The Hall–Kier alpha value is -2.65. The van der Waals surface area contributed by atoms with E-state index in [0.717, 1.165) is 12.8 Å². The number of aliphatic hydroxyl groups is 1. The van der Waals surface area contributed by atoms with E-state index in [9.17, 15) is 14.0 Å². The third kappa shape index (κ3) is 4.26. The monoisotopic (exact) mass is 394 g/mol. The number of carbonyl (C=O) groups is 2. The van der Waals surface area contributed by atoms with Crippen LogP contribution in [0, 0.1) is 5.82 Å². The number of hydrogen-bond donors (Lipinski definition) is 2. The molecule has 2 N–H and O–H groups in total. The van der Waals surface area contributed by atoms with Crippen molar-refractivity contribution in [3.63, 3.8) is 0 Å². The van der Waals surface area contributed by atoms with Gasteiger partial charge in [0.1, 0.15) is 12.3 Å². The molecule has 1 amide bonds. The van der Waals surface area contributed by atoms with Crippen molar-refractivity contribution in [3.8, 4) is 5.75 Å². The summed E-state index contributed by atoms with van der Waals surface area (Å²) in [4.78, 5) is 26.0. The Morgan fingerprint density at radius 3 is 2.96 bits per heavy atom. The highest BCUT2D eigenvalue weighted by molar-refractivity contribution is 6.08. The van der Waals surface area contributed by atoms with E-state index in [4.69, 9.17) is 19.3 Å². The lowest BCUT2D eigenvalue weighted by Gasteiger charge is -2.18. The molecule has 9 heteroatoms. The van der Waals surface area contributed by atoms with E-state index >= 15 is 0 Å². The highest BCUT2D eigenvalue weighted by atomic mass is 19.1. The first-order chi connectivity index (χ1) is 13.5. The number of ether oxygens (including phenoxy) is 3. The lowest BCUT2D eigenvalue weighted by molar-refractivity contribution is -0.136. The molecule has 8 nitrogen and oxygen atoms in total. The van der Waals surface area contributed by atoms with E-state index < -0.39 is 17.7 Å². The molecule has 0 bridgehead atoms. The van der Waals surface area contributed by atoms with E-state index in [1.807, 2.05) is 0 Å². The molecular weight excluding hydrogens is 371 g/mol. The lowest BCUT2D eigenvalue weighted by atomic mass is 10.2. The summed E-state index contributed by atoms with van der Waals surface area (Å²) in [5, 5.41) is 12.0. The Kier molecular flexibility index (Phi) is 6.48. The van der Waals surface area contributed by atoms with E-state index in [1.165, 1.54) is 24.1 Å². The Bertz CT molecular complexity index is 776. The molecule has 2 aliphatic heterocycles. The van der Waals surface area contributed by atoms with Crippen molar-refractivity contribution < 1.29 is 33.3 Å². The van der Waals surface area contributed by atoms with Crippen LogP contribution in [0.3, 0.4) is 0 Å². The molecule has 1 atom stereocenters. The van der Waals surface area contributed by atoms with Gasteiger partial charge in [-0.05, 0) is 25.0 Å². The number of benzene rings is 1. The first-order valence-corrected chi connectivity index (χ1v) is 9.06. The SMILES string of the molecule is COC(=O)C1=C(Nc2cccc(F)c2OCC2CCCO2)C(=O)N(CCO)C1. The van der Waals surface area contributed by atoms with Gasteiger partial charge in [-0.3, -0.25) is 4.79 Å². The second-order valence-corrected chi connectivity index (χ2v) is 6.48. The van der Waals surface area contributed by atoms with Gasteiger partial charge in [0, 0.05) is 13.2 Å². The molecule has 1 unspecified atom stereocenters. The van der Waals surface area contributed by atoms with Gasteiger partial charge < -0.3 is 29.5 Å². The van der Waals surface area contributed by atoms with Crippen LogP contribution in [0.5, 0.6) is 5.75 Å². The fraction of sp³-hybridized carbons (Fsp3) is 0.474. The molecule has 28 heavy (non-hydrogen) atoms. The molecule has 0 radical (unpaired) electrons. The summed E-state index contributed by atoms with van der Waals surface area (Å²) < 4.78 is 30.2. The summed E-state index contributed by atoms with van der Waals surface area (Å²) in [7, 11) is 1.21. The molecule has 0 aliphatic carbocycles. The number of halogens is 1. The van der Waals surface area contributed by atoms with Crippen molar-refractivity contribution in [2.75, 3.05) is 45.3 Å². The van der Waals surface area contributed by atoms with E-state index in [0.29, 0.717) is 6.61 Å². The summed E-state index contributed by atoms with van der Waals surface area (Å²) in [6.07, 6.45) is 1.66. The number of nitrogens with one attached hydrogen (secondary N) is 1. The molecule has 1 fully saturated rings. The van der Waals surface area contributed by atoms with E-state index in [2.05, 4.69) is 5.32 Å². The number of carbonyl (C=O) groups excluding carboxylic acids is 2. The molecule has 2 aliphatic rings. The molecular formula is C19H23FN2O6. The summed E-state index contributed by atoms with van der Waals surface area (Å²) in [6.45, 7) is 0.652. The fourth-order valence-electron chi connectivity index (χ4n) is 3.19. The standard InChI is InChI=1S/C19H23FN2O6/c1-26-19(25)13-10-22(7-8-23)18(24)16(13)21-15-6-2-5-14(20)17(15)28-11-12-4-3-9-27-12/h2,5-6,12,21,23H,3-4,7-11H2,1H3. The Labute approximate surface area is 161 Å². The molecule has 0 aromatic heterocycles. The van der Waals surface area contributed by atoms with E-state index in [1.54, 1.807) is 6.07 Å². The fourth-order valence-corrected chi connectivity index (χ4v) is 3.19. The number of β-amino-alcohol motifs (C(OH)–C–C–N with tert-alkyl or cyclic N) is 1. The van der Waals surface area contributed by atoms with E-state index in [-0.39, 0.29) is 55.1 Å². The van der Waals surface area contributed by atoms with Crippen LogP contribution < -0.4 is 10.1 Å². The van der Waals surface area contributed by atoms with Gasteiger partial charge in [-0.1, -0.05) is 6.07 Å². The van der Waals surface area contributed by atoms with Crippen LogP contribution in [0.15, 0.2) is 29.5 Å². The maximum absolute atomic E-state index is 14.4. The zero-order chi connectivity index (χ0) is 20.1. The van der Waals surface area contributed by atoms with Gasteiger partial charge in [0.25, 0.3) is 5.91 Å². The second-order valence-electron chi connectivity index (χ2n) is 6.48. The molecule has 3 rings (SSSR count). The lowest BCUT2D eigenvalue weighted by Crippen LogP contribution is -2.31. The highest BCUT2D eigenvalue weighted by Gasteiger charge is 2.35. The predicted molar refractivity (Wildman–Crippen MR) is 97.2 cm³/mol. The van der Waals surface area contributed by atoms with Crippen molar-refractivity contribution in [2.24, 2.45) is 0 Å². The van der Waals surface area contributed by atoms with Crippen LogP contribution >= 0.6 is 0 Å². The maximum Gasteiger partial charge on any atom is 0.337 e. The average molecular weight is 394 g/mol. The molecule has 2 heterocycles. The first-order valence-electron chi connectivity index (χ1n) is 9.06. The number of para-hydroxylation sites is 1. The van der Waals surface area contributed by atoms with Crippen molar-refractivity contribution in [1.82, 2.24) is 4.90 Å². The highest BCUT2D eigenvalue weighted by Crippen LogP contribution is 2.32. The molecule has 0 saturated carbocycles. The van der Waals surface area contributed by atoms with Gasteiger partial charge in [0.2, 0.25) is 0 Å². The number of aliphatic hydroxyl groups excluding tert-OH is 1. The van der Waals surface area contributed by atoms with Gasteiger partial charge in [-0.15, -0.1) is 0 Å². The maximum atomic E-state index is 14.4. The Morgan fingerprint density at radius 2 is 2.29 bits per heavy atom. The van der Waals surface area contributed by atoms with Crippen molar-refractivity contribution in [2.45, 2.75) is 18.9 Å². The summed E-state index contributed by atoms with van der Waals surface area (Å²) in [6, 6.07) is 4.28. The van der Waals surface area contributed by atoms with Crippen LogP contribution in [-0.4, -0.2) is 68.0 Å². The molecule has 1 saturated heterocycles. The number of hydrogen-bond acceptors (Lipinski definition) is 7. The molecule has 1 aromatic rings. The number of nitrogens with zero attached hydrogens (tertiary/aromatic N) is 1. The van der Waals surface area contributed by atoms with Gasteiger partial charge in [-0.25, -0.2) is 9.18 Å².